The molecule has 0 aliphatic heterocycles. The number of carbonyl (C=O) groups is 1. The van der Waals surface area contributed by atoms with Crippen molar-refractivity contribution in [1.82, 2.24) is 0 Å². The minimum absolute atomic E-state index is 0.171. The summed E-state index contributed by atoms with van der Waals surface area (Å²) >= 11 is 0. The van der Waals surface area contributed by atoms with Crippen LogP contribution >= 0.6 is 0 Å². The third kappa shape index (κ3) is 5.31. The van der Waals surface area contributed by atoms with Gasteiger partial charge in [0.05, 0.1) is 23.6 Å². The molecule has 0 bridgehead atoms. The van der Waals surface area contributed by atoms with E-state index < -0.39 is 35.1 Å². The molecule has 1 atom stereocenters. The Labute approximate surface area is 104 Å². The number of halogens is 3. The van der Waals surface area contributed by atoms with E-state index in [0.29, 0.717) is 5.56 Å². The monoisotopic (exact) mass is 280 g/mol. The second-order valence-electron chi connectivity index (χ2n) is 3.63. The molecule has 0 saturated carbocycles. The van der Waals surface area contributed by atoms with Crippen molar-refractivity contribution in [3.05, 3.63) is 29.8 Å². The van der Waals surface area contributed by atoms with Gasteiger partial charge in [0.2, 0.25) is 0 Å². The van der Waals surface area contributed by atoms with Gasteiger partial charge >= 0.3 is 12.1 Å². The third-order valence-corrected chi connectivity index (χ3v) is 3.49. The lowest BCUT2D eigenvalue weighted by molar-refractivity contribution is -0.136. The molecule has 1 unspecified atom stereocenters. The fraction of sp³-hybridized carbons (Fsp3) is 0.364. The molecule has 1 aromatic carbocycles. The molecule has 1 rings (SSSR count). The maximum absolute atomic E-state index is 11.9. The first-order valence-corrected chi connectivity index (χ1v) is 6.36. The molecule has 0 heterocycles. The summed E-state index contributed by atoms with van der Waals surface area (Å²) in [5.41, 5.74) is 0.513. The van der Waals surface area contributed by atoms with E-state index in [4.69, 9.17) is 5.11 Å². The normalized spacial score (nSPS) is 13.3. The maximum Gasteiger partial charge on any atom is 0.390 e. The predicted octanol–water partition coefficient (Wildman–Crippen LogP) is 2.37. The largest absolute Gasteiger partial charge is 0.481 e. The summed E-state index contributed by atoms with van der Waals surface area (Å²) in [5.74, 6) is -1.48. The Morgan fingerprint density at radius 3 is 2.22 bits per heavy atom. The lowest BCUT2D eigenvalue weighted by Crippen LogP contribution is -2.12. The summed E-state index contributed by atoms with van der Waals surface area (Å²) in [7, 11) is -1.72. The SMILES string of the molecule is O=C(O)Cc1ccc(S(=O)CCC(F)(F)F)cc1. The minimum atomic E-state index is -4.32. The summed E-state index contributed by atoms with van der Waals surface area (Å²) in [6.45, 7) is 0. The van der Waals surface area contributed by atoms with E-state index in [1.54, 1.807) is 0 Å². The first-order chi connectivity index (χ1) is 8.28. The second-order valence-corrected chi connectivity index (χ2v) is 5.20. The summed E-state index contributed by atoms with van der Waals surface area (Å²) in [5, 5.41) is 8.53. The molecule has 0 aliphatic carbocycles. The fourth-order valence-electron chi connectivity index (χ4n) is 1.26. The Bertz CT molecular complexity index is 440. The van der Waals surface area contributed by atoms with Gasteiger partial charge in [-0.15, -0.1) is 0 Å². The highest BCUT2D eigenvalue weighted by molar-refractivity contribution is 7.85. The highest BCUT2D eigenvalue weighted by Crippen LogP contribution is 2.21. The molecule has 1 N–H and O–H groups in total. The van der Waals surface area contributed by atoms with Gasteiger partial charge in [0.1, 0.15) is 0 Å². The zero-order valence-electron chi connectivity index (χ0n) is 9.24. The smallest absolute Gasteiger partial charge is 0.390 e. The Kier molecular flexibility index (Phi) is 4.89. The fourth-order valence-corrected chi connectivity index (χ4v) is 2.35. The number of aliphatic carboxylic acids is 1. The van der Waals surface area contributed by atoms with Crippen LogP contribution in [-0.4, -0.2) is 27.2 Å². The van der Waals surface area contributed by atoms with Gasteiger partial charge in [-0.1, -0.05) is 12.1 Å². The van der Waals surface area contributed by atoms with Crippen molar-refractivity contribution in [3.8, 4) is 0 Å². The van der Waals surface area contributed by atoms with Gasteiger partial charge in [0.15, 0.2) is 0 Å². The van der Waals surface area contributed by atoms with Crippen molar-refractivity contribution >= 4 is 16.8 Å². The van der Waals surface area contributed by atoms with E-state index >= 15 is 0 Å². The first-order valence-electron chi connectivity index (χ1n) is 5.04. The number of carboxylic acid groups (broad SMARTS) is 1. The lowest BCUT2D eigenvalue weighted by Gasteiger charge is -2.06. The zero-order valence-corrected chi connectivity index (χ0v) is 10.1. The number of hydrogen-bond donors (Lipinski definition) is 1. The molecule has 0 aromatic heterocycles. The van der Waals surface area contributed by atoms with E-state index in [-0.39, 0.29) is 11.3 Å². The molecule has 7 heteroatoms. The highest BCUT2D eigenvalue weighted by Gasteiger charge is 2.27. The van der Waals surface area contributed by atoms with Crippen molar-refractivity contribution in [2.45, 2.75) is 23.9 Å². The van der Waals surface area contributed by atoms with Crippen LogP contribution in [-0.2, 0) is 22.0 Å². The van der Waals surface area contributed by atoms with Gasteiger partial charge in [-0.05, 0) is 17.7 Å². The van der Waals surface area contributed by atoms with E-state index in [0.717, 1.165) is 0 Å². The van der Waals surface area contributed by atoms with Gasteiger partial charge in [-0.25, -0.2) is 0 Å². The van der Waals surface area contributed by atoms with Crippen molar-refractivity contribution in [1.29, 1.82) is 0 Å². The number of benzene rings is 1. The average Bonchev–Trinajstić information content (AvgIpc) is 2.25. The van der Waals surface area contributed by atoms with Crippen LogP contribution in [0.25, 0.3) is 0 Å². The first kappa shape index (κ1) is 14.7. The van der Waals surface area contributed by atoms with Crippen molar-refractivity contribution in [3.63, 3.8) is 0 Å². The summed E-state index contributed by atoms with van der Waals surface area (Å²) in [6, 6.07) is 5.69. The molecule has 100 valence electrons. The van der Waals surface area contributed by atoms with E-state index in [1.807, 2.05) is 0 Å². The topological polar surface area (TPSA) is 54.4 Å². The van der Waals surface area contributed by atoms with Crippen LogP contribution < -0.4 is 0 Å². The van der Waals surface area contributed by atoms with Crippen LogP contribution in [0.2, 0.25) is 0 Å². The van der Waals surface area contributed by atoms with Crippen LogP contribution in [0.15, 0.2) is 29.2 Å². The molecule has 0 radical (unpaired) electrons. The minimum Gasteiger partial charge on any atom is -0.481 e. The Balaban J connectivity index is 2.62. The van der Waals surface area contributed by atoms with Gasteiger partial charge < -0.3 is 5.11 Å². The lowest BCUT2D eigenvalue weighted by atomic mass is 10.2. The van der Waals surface area contributed by atoms with Gasteiger partial charge in [0.25, 0.3) is 0 Å². The molecule has 3 nitrogen and oxygen atoms in total. The van der Waals surface area contributed by atoms with Crippen LogP contribution in [0, 0.1) is 0 Å². The second kappa shape index (κ2) is 5.99. The van der Waals surface area contributed by atoms with Gasteiger partial charge in [-0.3, -0.25) is 9.00 Å². The predicted molar refractivity (Wildman–Crippen MR) is 59.7 cm³/mol. The highest BCUT2D eigenvalue weighted by atomic mass is 32.2. The van der Waals surface area contributed by atoms with E-state index in [2.05, 4.69) is 0 Å². The van der Waals surface area contributed by atoms with Crippen molar-refractivity contribution < 1.29 is 27.3 Å². The molecular weight excluding hydrogens is 269 g/mol. The summed E-state index contributed by atoms with van der Waals surface area (Å²) < 4.78 is 47.3. The van der Waals surface area contributed by atoms with E-state index in [9.17, 15) is 22.2 Å². The van der Waals surface area contributed by atoms with Crippen molar-refractivity contribution in [2.75, 3.05) is 5.75 Å². The molecular formula is C11H11F3O3S. The molecule has 0 spiro atoms. The standard InChI is InChI=1S/C11H11F3O3S/c12-11(13,14)5-6-18(17)9-3-1-8(2-4-9)7-10(15)16/h1-4H,5-7H2,(H,15,16). The van der Waals surface area contributed by atoms with Crippen LogP contribution in [0.5, 0.6) is 0 Å². The summed E-state index contributed by atoms with van der Waals surface area (Å²) in [6.07, 6.45) is -5.59. The average molecular weight is 280 g/mol. The Hall–Kier alpha value is -1.37. The van der Waals surface area contributed by atoms with Crippen LogP contribution in [0.4, 0.5) is 13.2 Å². The molecule has 1 aromatic rings. The maximum atomic E-state index is 11.9. The number of carboxylic acids is 1. The Morgan fingerprint density at radius 1 is 1.22 bits per heavy atom. The van der Waals surface area contributed by atoms with Gasteiger partial charge in [0, 0.05) is 10.6 Å². The number of rotatable bonds is 5. The number of alkyl halides is 3. The van der Waals surface area contributed by atoms with E-state index in [1.165, 1.54) is 24.3 Å². The van der Waals surface area contributed by atoms with Crippen LogP contribution in [0.3, 0.4) is 0 Å². The molecule has 0 aliphatic rings. The molecule has 0 fully saturated rings. The molecule has 0 saturated heterocycles. The molecule has 0 amide bonds. The number of hydrogen-bond acceptors (Lipinski definition) is 2. The quantitative estimate of drug-likeness (QED) is 0.901. The molecule has 18 heavy (non-hydrogen) atoms. The van der Waals surface area contributed by atoms with Crippen molar-refractivity contribution in [2.24, 2.45) is 0 Å². The zero-order chi connectivity index (χ0) is 13.8. The Morgan fingerprint density at radius 2 is 1.78 bits per heavy atom. The van der Waals surface area contributed by atoms with Gasteiger partial charge in [-0.2, -0.15) is 13.2 Å². The summed E-state index contributed by atoms with van der Waals surface area (Å²) in [4.78, 5) is 10.7. The van der Waals surface area contributed by atoms with Crippen LogP contribution in [0.1, 0.15) is 12.0 Å². The third-order valence-electron chi connectivity index (χ3n) is 2.11.